The number of aliphatic hydroxyl groups is 1. The Morgan fingerprint density at radius 2 is 2.33 bits per heavy atom. The second-order valence-electron chi connectivity index (χ2n) is 4.10. The highest BCUT2D eigenvalue weighted by atomic mass is 32.2. The van der Waals surface area contributed by atoms with E-state index in [2.05, 4.69) is 4.98 Å². The smallest absolute Gasteiger partial charge is 0.153 e. The zero-order valence-electron chi connectivity index (χ0n) is 8.26. The normalized spacial score (nSPS) is 29.1. The molecule has 0 radical (unpaired) electrons. The van der Waals surface area contributed by atoms with Gasteiger partial charge in [-0.1, -0.05) is 6.07 Å². The highest BCUT2D eigenvalue weighted by Crippen LogP contribution is 2.26. The lowest BCUT2D eigenvalue weighted by Crippen LogP contribution is -2.32. The number of hydrogen-bond donors (Lipinski definition) is 1. The molecule has 1 unspecified atom stereocenters. The van der Waals surface area contributed by atoms with Gasteiger partial charge in [-0.25, -0.2) is 8.42 Å². The molecule has 0 amide bonds. The Balaban J connectivity index is 2.14. The van der Waals surface area contributed by atoms with Crippen LogP contribution >= 0.6 is 0 Å². The minimum absolute atomic E-state index is 0.0871. The van der Waals surface area contributed by atoms with Crippen molar-refractivity contribution in [3.8, 4) is 0 Å². The molecule has 0 spiro atoms. The van der Waals surface area contributed by atoms with Gasteiger partial charge in [-0.3, -0.25) is 4.98 Å². The van der Waals surface area contributed by atoms with Gasteiger partial charge >= 0.3 is 0 Å². The van der Waals surface area contributed by atoms with Gasteiger partial charge in [0.25, 0.3) is 0 Å². The lowest BCUT2D eigenvalue weighted by Gasteiger charge is -2.20. The summed E-state index contributed by atoms with van der Waals surface area (Å²) in [6, 6.07) is 3.62. The standard InChI is InChI=1S/C10H13NO3S/c12-10(3-5-15(13,14)8-10)6-9-2-1-4-11-7-9/h1-2,4,7,12H,3,5-6,8H2. The van der Waals surface area contributed by atoms with E-state index in [1.165, 1.54) is 0 Å². The third kappa shape index (κ3) is 2.54. The highest BCUT2D eigenvalue weighted by Gasteiger charge is 2.40. The lowest BCUT2D eigenvalue weighted by molar-refractivity contribution is 0.0681. The molecule has 1 aliphatic rings. The van der Waals surface area contributed by atoms with E-state index < -0.39 is 15.4 Å². The zero-order valence-corrected chi connectivity index (χ0v) is 9.07. The Bertz CT molecular complexity index is 443. The summed E-state index contributed by atoms with van der Waals surface area (Å²) in [5.74, 6) is -0.0430. The van der Waals surface area contributed by atoms with Gasteiger partial charge < -0.3 is 5.11 Å². The summed E-state index contributed by atoms with van der Waals surface area (Å²) in [5, 5.41) is 10.1. The van der Waals surface area contributed by atoms with Crippen molar-refractivity contribution in [2.75, 3.05) is 11.5 Å². The predicted molar refractivity (Wildman–Crippen MR) is 56.2 cm³/mol. The molecule has 0 aliphatic carbocycles. The number of pyridine rings is 1. The van der Waals surface area contributed by atoms with Crippen LogP contribution in [-0.4, -0.2) is 35.6 Å². The van der Waals surface area contributed by atoms with Crippen molar-refractivity contribution in [1.29, 1.82) is 0 Å². The van der Waals surface area contributed by atoms with Gasteiger partial charge in [0.15, 0.2) is 9.84 Å². The minimum Gasteiger partial charge on any atom is -0.388 e. The van der Waals surface area contributed by atoms with Gasteiger partial charge in [0, 0.05) is 18.8 Å². The van der Waals surface area contributed by atoms with Gasteiger partial charge in [0.2, 0.25) is 0 Å². The third-order valence-electron chi connectivity index (χ3n) is 2.62. The highest BCUT2D eigenvalue weighted by molar-refractivity contribution is 7.91. The van der Waals surface area contributed by atoms with E-state index in [1.54, 1.807) is 18.5 Å². The van der Waals surface area contributed by atoms with Crippen LogP contribution in [0.25, 0.3) is 0 Å². The summed E-state index contributed by atoms with van der Waals surface area (Å²) < 4.78 is 22.5. The molecule has 1 aromatic rings. The summed E-state index contributed by atoms with van der Waals surface area (Å²) in [4.78, 5) is 3.93. The maximum atomic E-state index is 11.3. The van der Waals surface area contributed by atoms with E-state index in [0.29, 0.717) is 12.8 Å². The maximum absolute atomic E-state index is 11.3. The number of rotatable bonds is 2. The predicted octanol–water partition coefficient (Wildman–Crippen LogP) is 0.174. The molecule has 5 heteroatoms. The van der Waals surface area contributed by atoms with Crippen LogP contribution in [0.2, 0.25) is 0 Å². The first-order valence-corrected chi connectivity index (χ1v) is 6.63. The second-order valence-corrected chi connectivity index (χ2v) is 6.29. The van der Waals surface area contributed by atoms with E-state index >= 15 is 0 Å². The van der Waals surface area contributed by atoms with Gasteiger partial charge in [-0.05, 0) is 18.1 Å². The first-order chi connectivity index (χ1) is 6.99. The number of sulfone groups is 1. The summed E-state index contributed by atoms with van der Waals surface area (Å²) in [6.45, 7) is 0. The van der Waals surface area contributed by atoms with Crippen molar-refractivity contribution in [3.05, 3.63) is 30.1 Å². The molecule has 1 N–H and O–H groups in total. The van der Waals surface area contributed by atoms with Crippen LogP contribution in [0, 0.1) is 0 Å². The van der Waals surface area contributed by atoms with Gasteiger partial charge in [-0.2, -0.15) is 0 Å². The maximum Gasteiger partial charge on any atom is 0.153 e. The molecule has 1 saturated heterocycles. The fourth-order valence-corrected chi connectivity index (χ4v) is 3.82. The number of nitrogens with zero attached hydrogens (tertiary/aromatic N) is 1. The summed E-state index contributed by atoms with van der Waals surface area (Å²) in [5.41, 5.74) is -0.223. The van der Waals surface area contributed by atoms with Crippen molar-refractivity contribution in [3.63, 3.8) is 0 Å². The third-order valence-corrected chi connectivity index (χ3v) is 4.43. The van der Waals surface area contributed by atoms with E-state index in [4.69, 9.17) is 0 Å². The van der Waals surface area contributed by atoms with E-state index in [1.807, 2.05) is 6.07 Å². The molecule has 2 heterocycles. The van der Waals surface area contributed by atoms with Crippen LogP contribution in [0.4, 0.5) is 0 Å². The fourth-order valence-electron chi connectivity index (χ4n) is 1.92. The summed E-state index contributed by atoms with van der Waals surface area (Å²) in [6.07, 6.45) is 3.99. The monoisotopic (exact) mass is 227 g/mol. The summed E-state index contributed by atoms with van der Waals surface area (Å²) in [7, 11) is -3.04. The van der Waals surface area contributed by atoms with Gasteiger partial charge in [0.1, 0.15) is 0 Å². The van der Waals surface area contributed by atoms with Crippen molar-refractivity contribution in [1.82, 2.24) is 4.98 Å². The SMILES string of the molecule is O=S1(=O)CCC(O)(Cc2cccnc2)C1. The second kappa shape index (κ2) is 3.57. The first kappa shape index (κ1) is 10.6. The number of aromatic nitrogens is 1. The van der Waals surface area contributed by atoms with Gasteiger partial charge in [-0.15, -0.1) is 0 Å². The largest absolute Gasteiger partial charge is 0.388 e. The van der Waals surface area contributed by atoms with Crippen LogP contribution in [0.1, 0.15) is 12.0 Å². The molecule has 0 saturated carbocycles. The summed E-state index contributed by atoms with van der Waals surface area (Å²) >= 11 is 0. The molecule has 2 rings (SSSR count). The Labute approximate surface area is 88.9 Å². The molecular formula is C10H13NO3S. The van der Waals surface area contributed by atoms with Crippen LogP contribution in [-0.2, 0) is 16.3 Å². The quantitative estimate of drug-likeness (QED) is 0.782. The van der Waals surface area contributed by atoms with E-state index in [9.17, 15) is 13.5 Å². The zero-order chi connectivity index (χ0) is 10.9. The Morgan fingerprint density at radius 1 is 1.53 bits per heavy atom. The van der Waals surface area contributed by atoms with Crippen molar-refractivity contribution in [2.45, 2.75) is 18.4 Å². The minimum atomic E-state index is -3.04. The molecule has 0 bridgehead atoms. The molecule has 15 heavy (non-hydrogen) atoms. The van der Waals surface area contributed by atoms with Crippen LogP contribution in [0.3, 0.4) is 0 Å². The Morgan fingerprint density at radius 3 is 2.87 bits per heavy atom. The van der Waals surface area contributed by atoms with Crippen LogP contribution < -0.4 is 0 Å². The average molecular weight is 227 g/mol. The topological polar surface area (TPSA) is 67.3 Å². The molecule has 0 aromatic carbocycles. The van der Waals surface area contributed by atoms with Crippen LogP contribution in [0.5, 0.6) is 0 Å². The van der Waals surface area contributed by atoms with Gasteiger partial charge in [0.05, 0.1) is 17.1 Å². The van der Waals surface area contributed by atoms with Crippen LogP contribution in [0.15, 0.2) is 24.5 Å². The molecular weight excluding hydrogens is 214 g/mol. The molecule has 4 nitrogen and oxygen atoms in total. The van der Waals surface area contributed by atoms with E-state index in [0.717, 1.165) is 5.56 Å². The first-order valence-electron chi connectivity index (χ1n) is 4.81. The number of hydrogen-bond acceptors (Lipinski definition) is 4. The molecule has 1 atom stereocenters. The van der Waals surface area contributed by atoms with Crippen molar-refractivity contribution in [2.24, 2.45) is 0 Å². The molecule has 1 aliphatic heterocycles. The van der Waals surface area contributed by atoms with Crippen molar-refractivity contribution < 1.29 is 13.5 Å². The average Bonchev–Trinajstić information content (AvgIpc) is 2.42. The van der Waals surface area contributed by atoms with Crippen molar-refractivity contribution >= 4 is 9.84 Å². The Hall–Kier alpha value is -0.940. The molecule has 1 fully saturated rings. The Kier molecular flexibility index (Phi) is 2.52. The van der Waals surface area contributed by atoms with E-state index in [-0.39, 0.29) is 11.5 Å². The lowest BCUT2D eigenvalue weighted by atomic mass is 9.95. The fraction of sp³-hybridized carbons (Fsp3) is 0.500. The molecule has 82 valence electrons. The molecule has 1 aromatic heterocycles.